The molecule has 0 radical (unpaired) electrons. The van der Waals surface area contributed by atoms with Gasteiger partial charge in [-0.3, -0.25) is 14.0 Å². The summed E-state index contributed by atoms with van der Waals surface area (Å²) in [6, 6.07) is 7.48. The molecule has 0 atom stereocenters. The van der Waals surface area contributed by atoms with Crippen LogP contribution in [0.2, 0.25) is 0 Å². The number of hydrogen-bond acceptors (Lipinski definition) is 6. The van der Waals surface area contributed by atoms with Gasteiger partial charge in [0.15, 0.2) is 4.96 Å². The highest BCUT2D eigenvalue weighted by molar-refractivity contribution is 7.23. The Labute approximate surface area is 136 Å². The highest BCUT2D eigenvalue weighted by atomic mass is 32.1. The van der Waals surface area contributed by atoms with Crippen LogP contribution in [-0.4, -0.2) is 47.4 Å². The van der Waals surface area contributed by atoms with Crippen LogP contribution in [0.5, 0.6) is 0 Å². The van der Waals surface area contributed by atoms with E-state index in [2.05, 4.69) is 10.3 Å². The highest BCUT2D eigenvalue weighted by Gasteiger charge is 2.20. The fourth-order valence-corrected chi connectivity index (χ4v) is 3.37. The topological polar surface area (TPSA) is 92.7 Å². The van der Waals surface area contributed by atoms with Crippen molar-refractivity contribution < 1.29 is 4.79 Å². The predicted octanol–water partition coefficient (Wildman–Crippen LogP) is 0.982. The number of para-hydroxylation sites is 1. The number of likely N-dealkylation sites (N-methyl/N-ethyl adjacent to an activating group) is 1. The first-order valence-electron chi connectivity index (χ1n) is 7.11. The maximum atomic E-state index is 12.7. The zero-order valence-electron chi connectivity index (χ0n) is 12.9. The molecule has 0 bridgehead atoms. The number of primary amides is 1. The lowest BCUT2D eigenvalue weighted by molar-refractivity contribution is 0.0999. The third-order valence-corrected chi connectivity index (χ3v) is 4.48. The second kappa shape index (κ2) is 5.98. The molecular weight excluding hydrogens is 314 g/mol. The number of thiazole rings is 1. The van der Waals surface area contributed by atoms with Gasteiger partial charge in [0.1, 0.15) is 11.4 Å². The first-order valence-corrected chi connectivity index (χ1v) is 7.93. The third-order valence-electron chi connectivity index (χ3n) is 3.46. The Morgan fingerprint density at radius 3 is 2.83 bits per heavy atom. The molecule has 0 saturated heterocycles. The number of aromatic nitrogens is 2. The van der Waals surface area contributed by atoms with E-state index in [-0.39, 0.29) is 11.4 Å². The van der Waals surface area contributed by atoms with Gasteiger partial charge in [-0.1, -0.05) is 23.5 Å². The molecule has 1 aromatic carbocycles. The third kappa shape index (κ3) is 2.78. The zero-order valence-corrected chi connectivity index (χ0v) is 13.7. The number of fused-ring (bicyclic) bond motifs is 3. The summed E-state index contributed by atoms with van der Waals surface area (Å²) in [5.74, 6) is -0.532. The summed E-state index contributed by atoms with van der Waals surface area (Å²) in [5.41, 5.74) is 5.60. The molecule has 0 spiro atoms. The van der Waals surface area contributed by atoms with Crippen molar-refractivity contribution in [3.63, 3.8) is 0 Å². The smallest absolute Gasteiger partial charge is 0.274 e. The quantitative estimate of drug-likeness (QED) is 0.727. The molecule has 8 heteroatoms. The second-order valence-corrected chi connectivity index (χ2v) is 6.43. The highest BCUT2D eigenvalue weighted by Crippen LogP contribution is 2.25. The van der Waals surface area contributed by atoms with Crippen molar-refractivity contribution in [1.29, 1.82) is 0 Å². The molecule has 1 amide bonds. The first kappa shape index (κ1) is 15.4. The van der Waals surface area contributed by atoms with E-state index in [1.54, 1.807) is 0 Å². The maximum absolute atomic E-state index is 12.7. The first-order chi connectivity index (χ1) is 11.0. The van der Waals surface area contributed by atoms with Crippen LogP contribution < -0.4 is 16.6 Å². The van der Waals surface area contributed by atoms with Gasteiger partial charge in [-0.25, -0.2) is 4.98 Å². The normalized spacial score (nSPS) is 11.4. The molecule has 2 aromatic heterocycles. The number of nitrogens with zero attached hydrogens (tertiary/aromatic N) is 3. The zero-order chi connectivity index (χ0) is 16.6. The molecule has 7 nitrogen and oxygen atoms in total. The van der Waals surface area contributed by atoms with Crippen LogP contribution in [0.25, 0.3) is 15.2 Å². The van der Waals surface area contributed by atoms with Crippen LogP contribution in [0.15, 0.2) is 29.1 Å². The van der Waals surface area contributed by atoms with Crippen molar-refractivity contribution in [1.82, 2.24) is 14.3 Å². The summed E-state index contributed by atoms with van der Waals surface area (Å²) in [6.07, 6.45) is 0. The Kier molecular flexibility index (Phi) is 4.01. The molecule has 3 aromatic rings. The van der Waals surface area contributed by atoms with Crippen molar-refractivity contribution in [3.05, 3.63) is 40.2 Å². The molecule has 3 rings (SSSR count). The van der Waals surface area contributed by atoms with Crippen molar-refractivity contribution in [3.8, 4) is 0 Å². The van der Waals surface area contributed by atoms with E-state index in [1.807, 2.05) is 43.3 Å². The minimum atomic E-state index is -0.778. The predicted molar refractivity (Wildman–Crippen MR) is 92.4 cm³/mol. The Morgan fingerprint density at radius 1 is 1.39 bits per heavy atom. The van der Waals surface area contributed by atoms with Gasteiger partial charge in [-0.2, -0.15) is 0 Å². The molecule has 2 heterocycles. The molecular formula is C15H17N5O2S. The monoisotopic (exact) mass is 331 g/mol. The lowest BCUT2D eigenvalue weighted by Gasteiger charge is -2.12. The summed E-state index contributed by atoms with van der Waals surface area (Å²) >= 11 is 1.40. The Morgan fingerprint density at radius 2 is 2.13 bits per heavy atom. The molecule has 120 valence electrons. The molecule has 0 aliphatic heterocycles. The van der Waals surface area contributed by atoms with Crippen LogP contribution in [0.4, 0.5) is 5.82 Å². The van der Waals surface area contributed by atoms with Gasteiger partial charge in [0, 0.05) is 13.1 Å². The average Bonchev–Trinajstić information content (AvgIpc) is 2.84. The number of carbonyl (C=O) groups excluding carboxylic acids is 1. The van der Waals surface area contributed by atoms with E-state index in [4.69, 9.17) is 5.73 Å². The molecule has 0 unspecified atom stereocenters. The van der Waals surface area contributed by atoms with Crippen molar-refractivity contribution in [2.45, 2.75) is 0 Å². The summed E-state index contributed by atoms with van der Waals surface area (Å²) in [4.78, 5) is 31.5. The molecule has 0 fully saturated rings. The van der Waals surface area contributed by atoms with E-state index in [1.165, 1.54) is 15.7 Å². The number of carbonyl (C=O) groups is 1. The van der Waals surface area contributed by atoms with E-state index in [0.29, 0.717) is 11.5 Å². The summed E-state index contributed by atoms with van der Waals surface area (Å²) < 4.78 is 2.37. The molecule has 3 N–H and O–H groups in total. The molecule has 0 aliphatic rings. The Hall–Kier alpha value is -2.45. The maximum Gasteiger partial charge on any atom is 0.274 e. The minimum Gasteiger partial charge on any atom is -0.368 e. The van der Waals surface area contributed by atoms with Gasteiger partial charge in [0.2, 0.25) is 0 Å². The minimum absolute atomic E-state index is 0.107. The van der Waals surface area contributed by atoms with E-state index >= 15 is 0 Å². The number of nitrogens with two attached hydrogens (primary N) is 1. The number of amides is 1. The van der Waals surface area contributed by atoms with Crippen LogP contribution in [0.1, 0.15) is 10.4 Å². The van der Waals surface area contributed by atoms with Crippen LogP contribution in [-0.2, 0) is 0 Å². The molecule has 23 heavy (non-hydrogen) atoms. The van der Waals surface area contributed by atoms with Crippen LogP contribution in [0, 0.1) is 0 Å². The molecule has 0 aliphatic carbocycles. The van der Waals surface area contributed by atoms with Crippen LogP contribution >= 0.6 is 11.3 Å². The summed E-state index contributed by atoms with van der Waals surface area (Å²) in [5, 5.41) is 3.04. The van der Waals surface area contributed by atoms with E-state index in [0.717, 1.165) is 16.8 Å². The van der Waals surface area contributed by atoms with Crippen molar-refractivity contribution in [2.75, 3.05) is 32.5 Å². The SMILES string of the molecule is CN(C)CCNc1nc2sc3ccccc3n2c(=O)c1C(N)=O. The number of benzene rings is 1. The fourth-order valence-electron chi connectivity index (χ4n) is 2.36. The van der Waals surface area contributed by atoms with Gasteiger partial charge < -0.3 is 16.0 Å². The van der Waals surface area contributed by atoms with Gasteiger partial charge >= 0.3 is 0 Å². The van der Waals surface area contributed by atoms with Gasteiger partial charge in [0.05, 0.1) is 10.2 Å². The van der Waals surface area contributed by atoms with Crippen molar-refractivity contribution >= 4 is 38.2 Å². The lowest BCUT2D eigenvalue weighted by Crippen LogP contribution is -2.30. The standard InChI is InChI=1S/C15H17N5O2S/c1-19(2)8-7-17-13-11(12(16)21)14(22)20-9-5-3-4-6-10(9)23-15(20)18-13/h3-6,17H,7-8H2,1-2H3,(H2,16,21). The van der Waals surface area contributed by atoms with Gasteiger partial charge in [-0.15, -0.1) is 0 Å². The van der Waals surface area contributed by atoms with Crippen LogP contribution in [0.3, 0.4) is 0 Å². The van der Waals surface area contributed by atoms with E-state index < -0.39 is 11.5 Å². The van der Waals surface area contributed by atoms with Crippen molar-refractivity contribution in [2.24, 2.45) is 5.73 Å². The Balaban J connectivity index is 2.20. The number of nitrogens with one attached hydrogen (secondary N) is 1. The number of hydrogen-bond donors (Lipinski definition) is 2. The average molecular weight is 331 g/mol. The van der Waals surface area contributed by atoms with E-state index in [9.17, 15) is 9.59 Å². The number of anilines is 1. The number of rotatable bonds is 5. The second-order valence-electron chi connectivity index (χ2n) is 5.42. The Bertz CT molecular complexity index is 944. The summed E-state index contributed by atoms with van der Waals surface area (Å²) in [6.45, 7) is 1.30. The van der Waals surface area contributed by atoms with Gasteiger partial charge in [0.25, 0.3) is 11.5 Å². The molecule has 0 saturated carbocycles. The largest absolute Gasteiger partial charge is 0.368 e. The lowest BCUT2D eigenvalue weighted by atomic mass is 10.2. The van der Waals surface area contributed by atoms with Gasteiger partial charge in [-0.05, 0) is 26.2 Å². The fraction of sp³-hybridized carbons (Fsp3) is 0.267. The summed E-state index contributed by atoms with van der Waals surface area (Å²) in [7, 11) is 3.88.